The maximum Gasteiger partial charge on any atom is 0.255 e. The third kappa shape index (κ3) is 4.19. The van der Waals surface area contributed by atoms with Gasteiger partial charge in [-0.3, -0.25) is 4.79 Å². The molecule has 0 bridgehead atoms. The standard InChI is InChI=1S/C17H24F2N4O/c18-15(19)10-20-16(24)9-12-5-7-23(8-6-12)17-13-3-1-2-4-14(13)21-11-22-17/h11-12,15H,1-10H2,(H,20,24). The summed E-state index contributed by atoms with van der Waals surface area (Å²) in [6, 6.07) is 0. The predicted octanol–water partition coefficient (Wildman–Crippen LogP) is 2.34. The van der Waals surface area contributed by atoms with E-state index in [0.717, 1.165) is 44.6 Å². The number of rotatable bonds is 5. The number of nitrogens with one attached hydrogen (secondary N) is 1. The molecular weight excluding hydrogens is 314 g/mol. The van der Waals surface area contributed by atoms with Gasteiger partial charge in [-0.05, 0) is 44.4 Å². The predicted molar refractivity (Wildman–Crippen MR) is 87.2 cm³/mol. The van der Waals surface area contributed by atoms with Crippen LogP contribution in [0.15, 0.2) is 6.33 Å². The van der Waals surface area contributed by atoms with E-state index in [1.165, 1.54) is 24.1 Å². The Kier molecular flexibility index (Phi) is 5.58. The quantitative estimate of drug-likeness (QED) is 0.895. The molecule has 1 aliphatic heterocycles. The number of hydrogen-bond acceptors (Lipinski definition) is 4. The highest BCUT2D eigenvalue weighted by molar-refractivity contribution is 5.76. The molecule has 1 saturated heterocycles. The van der Waals surface area contributed by atoms with Crippen LogP contribution in [0.1, 0.15) is 43.4 Å². The molecule has 3 rings (SSSR count). The van der Waals surface area contributed by atoms with E-state index < -0.39 is 13.0 Å². The Morgan fingerprint density at radius 1 is 1.25 bits per heavy atom. The van der Waals surface area contributed by atoms with E-state index >= 15 is 0 Å². The average molecular weight is 338 g/mol. The van der Waals surface area contributed by atoms with Crippen LogP contribution < -0.4 is 10.2 Å². The van der Waals surface area contributed by atoms with Crippen LogP contribution >= 0.6 is 0 Å². The lowest BCUT2D eigenvalue weighted by atomic mass is 9.91. The lowest BCUT2D eigenvalue weighted by molar-refractivity contribution is -0.122. The summed E-state index contributed by atoms with van der Waals surface area (Å²) in [4.78, 5) is 22.9. The first-order chi connectivity index (χ1) is 11.6. The molecule has 0 unspecified atom stereocenters. The Morgan fingerprint density at radius 3 is 2.75 bits per heavy atom. The molecule has 0 radical (unpaired) electrons. The third-order valence-corrected chi connectivity index (χ3v) is 4.94. The van der Waals surface area contributed by atoms with Gasteiger partial charge in [0.2, 0.25) is 5.91 Å². The van der Waals surface area contributed by atoms with Gasteiger partial charge in [0.1, 0.15) is 12.1 Å². The molecular formula is C17H24F2N4O. The minimum absolute atomic E-state index is 0.261. The molecule has 0 aromatic carbocycles. The number of alkyl halides is 2. The number of nitrogens with zero attached hydrogens (tertiary/aromatic N) is 3. The van der Waals surface area contributed by atoms with Crippen molar-refractivity contribution in [1.29, 1.82) is 0 Å². The van der Waals surface area contributed by atoms with Crippen LogP contribution in [0.3, 0.4) is 0 Å². The summed E-state index contributed by atoms with van der Waals surface area (Å²) in [5, 5.41) is 2.29. The number of halogens is 2. The summed E-state index contributed by atoms with van der Waals surface area (Å²) < 4.78 is 24.2. The number of hydrogen-bond donors (Lipinski definition) is 1. The SMILES string of the molecule is O=C(CC1CCN(c2ncnc3c2CCCC3)CC1)NCC(F)F. The molecule has 24 heavy (non-hydrogen) atoms. The summed E-state index contributed by atoms with van der Waals surface area (Å²) >= 11 is 0. The zero-order chi connectivity index (χ0) is 16.9. The Morgan fingerprint density at radius 2 is 2.00 bits per heavy atom. The minimum atomic E-state index is -2.49. The fourth-order valence-electron chi connectivity index (χ4n) is 3.65. The minimum Gasteiger partial charge on any atom is -0.356 e. The van der Waals surface area contributed by atoms with Crippen LogP contribution in [0.25, 0.3) is 0 Å². The number of amides is 1. The summed E-state index contributed by atoms with van der Waals surface area (Å²) in [6.07, 6.45) is 5.74. The van der Waals surface area contributed by atoms with Crippen molar-refractivity contribution in [3.63, 3.8) is 0 Å². The van der Waals surface area contributed by atoms with Gasteiger partial charge in [0, 0.05) is 30.8 Å². The fraction of sp³-hybridized carbons (Fsp3) is 0.706. The van der Waals surface area contributed by atoms with Crippen molar-refractivity contribution in [2.75, 3.05) is 24.5 Å². The van der Waals surface area contributed by atoms with E-state index in [0.29, 0.717) is 6.42 Å². The van der Waals surface area contributed by atoms with Crippen LogP contribution in [0.5, 0.6) is 0 Å². The van der Waals surface area contributed by atoms with E-state index in [1.54, 1.807) is 6.33 Å². The van der Waals surface area contributed by atoms with Gasteiger partial charge in [0.25, 0.3) is 6.43 Å². The molecule has 1 aliphatic carbocycles. The van der Waals surface area contributed by atoms with Gasteiger partial charge in [-0.2, -0.15) is 0 Å². The lowest BCUT2D eigenvalue weighted by Crippen LogP contribution is -2.37. The molecule has 7 heteroatoms. The van der Waals surface area contributed by atoms with Gasteiger partial charge < -0.3 is 10.2 Å². The van der Waals surface area contributed by atoms with Crippen molar-refractivity contribution >= 4 is 11.7 Å². The van der Waals surface area contributed by atoms with Gasteiger partial charge in [0.05, 0.1) is 6.54 Å². The average Bonchev–Trinajstić information content (AvgIpc) is 2.60. The summed E-state index contributed by atoms with van der Waals surface area (Å²) in [5.41, 5.74) is 2.47. The van der Waals surface area contributed by atoms with Crippen molar-refractivity contribution in [2.24, 2.45) is 5.92 Å². The van der Waals surface area contributed by atoms with Crippen molar-refractivity contribution in [3.8, 4) is 0 Å². The molecule has 1 N–H and O–H groups in total. The van der Waals surface area contributed by atoms with Crippen LogP contribution in [0, 0.1) is 5.92 Å². The first kappa shape index (κ1) is 17.0. The number of carbonyl (C=O) groups excluding carboxylic acids is 1. The summed E-state index contributed by atoms with van der Waals surface area (Å²) in [7, 11) is 0. The zero-order valence-electron chi connectivity index (χ0n) is 13.8. The highest BCUT2D eigenvalue weighted by Gasteiger charge is 2.25. The van der Waals surface area contributed by atoms with E-state index in [1.807, 2.05) is 0 Å². The molecule has 2 aliphatic rings. The van der Waals surface area contributed by atoms with Crippen LogP contribution in [-0.4, -0.2) is 41.9 Å². The molecule has 1 aromatic heterocycles. The number of aryl methyl sites for hydroxylation is 1. The van der Waals surface area contributed by atoms with E-state index in [2.05, 4.69) is 20.2 Å². The normalized spacial score (nSPS) is 18.5. The Labute approximate surface area is 140 Å². The van der Waals surface area contributed by atoms with Crippen molar-refractivity contribution in [3.05, 3.63) is 17.6 Å². The maximum atomic E-state index is 12.1. The monoisotopic (exact) mass is 338 g/mol. The van der Waals surface area contributed by atoms with Crippen molar-refractivity contribution < 1.29 is 13.6 Å². The molecule has 1 amide bonds. The lowest BCUT2D eigenvalue weighted by Gasteiger charge is -2.34. The van der Waals surface area contributed by atoms with Crippen LogP contribution in [-0.2, 0) is 17.6 Å². The summed E-state index contributed by atoms with van der Waals surface area (Å²) in [5.74, 6) is 1.05. The van der Waals surface area contributed by atoms with Gasteiger partial charge in [-0.25, -0.2) is 18.7 Å². The van der Waals surface area contributed by atoms with Gasteiger partial charge in [-0.1, -0.05) is 0 Å². The Bertz CT molecular complexity index is 574. The number of fused-ring (bicyclic) bond motifs is 1. The van der Waals surface area contributed by atoms with Gasteiger partial charge >= 0.3 is 0 Å². The van der Waals surface area contributed by atoms with Crippen molar-refractivity contribution in [1.82, 2.24) is 15.3 Å². The number of aromatic nitrogens is 2. The molecule has 132 valence electrons. The summed E-state index contributed by atoms with van der Waals surface area (Å²) in [6.45, 7) is 1.16. The molecule has 1 aromatic rings. The van der Waals surface area contributed by atoms with Crippen LogP contribution in [0.2, 0.25) is 0 Å². The first-order valence-corrected chi connectivity index (χ1v) is 8.76. The van der Waals surface area contributed by atoms with Gasteiger partial charge in [-0.15, -0.1) is 0 Å². The number of anilines is 1. The molecule has 5 nitrogen and oxygen atoms in total. The third-order valence-electron chi connectivity index (χ3n) is 4.94. The van der Waals surface area contributed by atoms with Gasteiger partial charge in [0.15, 0.2) is 0 Å². The first-order valence-electron chi connectivity index (χ1n) is 8.76. The molecule has 0 saturated carbocycles. The Hall–Kier alpha value is -1.79. The fourth-order valence-corrected chi connectivity index (χ4v) is 3.65. The molecule has 0 atom stereocenters. The largest absolute Gasteiger partial charge is 0.356 e. The van der Waals surface area contributed by atoms with E-state index in [9.17, 15) is 13.6 Å². The molecule has 0 spiro atoms. The highest BCUT2D eigenvalue weighted by atomic mass is 19.3. The van der Waals surface area contributed by atoms with E-state index in [4.69, 9.17) is 0 Å². The highest BCUT2D eigenvalue weighted by Crippen LogP contribution is 2.30. The van der Waals surface area contributed by atoms with E-state index in [-0.39, 0.29) is 11.8 Å². The van der Waals surface area contributed by atoms with Crippen molar-refractivity contribution in [2.45, 2.75) is 51.4 Å². The second-order valence-electron chi connectivity index (χ2n) is 6.66. The Balaban J connectivity index is 1.53. The topological polar surface area (TPSA) is 58.1 Å². The second-order valence-corrected chi connectivity index (χ2v) is 6.66. The molecule has 1 fully saturated rings. The van der Waals surface area contributed by atoms with Crippen LogP contribution in [0.4, 0.5) is 14.6 Å². The second kappa shape index (κ2) is 7.85. The zero-order valence-corrected chi connectivity index (χ0v) is 13.8. The molecule has 2 heterocycles. The number of piperidine rings is 1. The number of carbonyl (C=O) groups is 1. The smallest absolute Gasteiger partial charge is 0.255 e. The maximum absolute atomic E-state index is 12.1.